The third-order valence-corrected chi connectivity index (χ3v) is 5.26. The first-order valence-electron chi connectivity index (χ1n) is 9.83. The van der Waals surface area contributed by atoms with Crippen LogP contribution in [0.25, 0.3) is 11.3 Å². The molecule has 0 aromatic carbocycles. The summed E-state index contributed by atoms with van der Waals surface area (Å²) >= 11 is 0. The number of nitrogens with one attached hydrogen (secondary N) is 2. The number of halogens is 2. The highest BCUT2D eigenvalue weighted by Crippen LogP contribution is 2.39. The fourth-order valence-corrected chi connectivity index (χ4v) is 3.30. The maximum Gasteiger partial charge on any atom is 0.297 e. The number of carbonyl (C=O) groups is 2. The smallest absolute Gasteiger partial charge is 0.297 e. The molecular formula is C20H20F2N8O2. The normalized spacial score (nSPS) is 21.6. The Balaban J connectivity index is 1.59. The van der Waals surface area contributed by atoms with Crippen LogP contribution in [0.2, 0.25) is 0 Å². The molecule has 2 aliphatic rings. The van der Waals surface area contributed by atoms with E-state index in [0.717, 1.165) is 12.8 Å². The zero-order chi connectivity index (χ0) is 23.0. The van der Waals surface area contributed by atoms with E-state index in [1.807, 2.05) is 6.07 Å². The zero-order valence-electron chi connectivity index (χ0n) is 17.3. The van der Waals surface area contributed by atoms with E-state index in [2.05, 4.69) is 25.6 Å². The Hall–Kier alpha value is -3.72. The largest absolute Gasteiger partial charge is 0.356 e. The van der Waals surface area contributed by atoms with Gasteiger partial charge in [0.15, 0.2) is 17.2 Å². The van der Waals surface area contributed by atoms with E-state index in [1.165, 1.54) is 43.7 Å². The highest BCUT2D eigenvalue weighted by molar-refractivity contribution is 5.93. The van der Waals surface area contributed by atoms with Crippen molar-refractivity contribution in [3.8, 4) is 17.3 Å². The summed E-state index contributed by atoms with van der Waals surface area (Å²) in [5.41, 5.74) is -0.746. The number of nitriles is 1. The lowest BCUT2D eigenvalue weighted by atomic mass is 10.1. The standard InChI is InChI=1S/C20H20F2N8O2/c1-29(2)18(32)20(10-30(20)19(21)22)28-13-5-12(7-24-14(13)6-23)15-8-26-16(9-25-15)27-17(31)11-3-4-11/h5,7-9,11,19,28H,3-4,10H2,1-2H3,(H,26,27,31). The van der Waals surface area contributed by atoms with Crippen LogP contribution in [0.15, 0.2) is 24.7 Å². The van der Waals surface area contributed by atoms with Crippen molar-refractivity contribution < 1.29 is 18.4 Å². The average Bonchev–Trinajstić information content (AvgIpc) is 3.68. The molecule has 10 nitrogen and oxygen atoms in total. The maximum atomic E-state index is 13.3. The van der Waals surface area contributed by atoms with Gasteiger partial charge in [-0.05, 0) is 18.9 Å². The third-order valence-electron chi connectivity index (χ3n) is 5.26. The van der Waals surface area contributed by atoms with Gasteiger partial charge in [0.05, 0.1) is 30.3 Å². The molecule has 1 aliphatic carbocycles. The van der Waals surface area contributed by atoms with E-state index in [1.54, 1.807) is 0 Å². The van der Waals surface area contributed by atoms with Gasteiger partial charge in [-0.3, -0.25) is 14.6 Å². The van der Waals surface area contributed by atoms with E-state index < -0.39 is 18.1 Å². The van der Waals surface area contributed by atoms with Crippen LogP contribution >= 0.6 is 0 Å². The van der Waals surface area contributed by atoms with Gasteiger partial charge < -0.3 is 15.5 Å². The quantitative estimate of drug-likeness (QED) is 0.488. The molecule has 3 heterocycles. The molecule has 1 saturated carbocycles. The Bertz CT molecular complexity index is 1100. The van der Waals surface area contributed by atoms with Crippen molar-refractivity contribution in [1.29, 1.82) is 5.26 Å². The van der Waals surface area contributed by atoms with Gasteiger partial charge in [0.2, 0.25) is 5.91 Å². The predicted molar refractivity (Wildman–Crippen MR) is 109 cm³/mol. The number of amides is 2. The van der Waals surface area contributed by atoms with Crippen LogP contribution in [0, 0.1) is 17.2 Å². The minimum Gasteiger partial charge on any atom is -0.356 e. The summed E-state index contributed by atoms with van der Waals surface area (Å²) in [4.78, 5) is 38.9. The maximum absolute atomic E-state index is 13.3. The fourth-order valence-electron chi connectivity index (χ4n) is 3.30. The molecular weight excluding hydrogens is 422 g/mol. The Kier molecular flexibility index (Phi) is 5.43. The summed E-state index contributed by atoms with van der Waals surface area (Å²) in [7, 11) is 2.93. The summed E-state index contributed by atoms with van der Waals surface area (Å²) in [6.07, 6.45) is 5.96. The van der Waals surface area contributed by atoms with Gasteiger partial charge in [0, 0.05) is 31.8 Å². The fraction of sp³-hybridized carbons (Fsp3) is 0.400. The molecule has 0 radical (unpaired) electrons. The van der Waals surface area contributed by atoms with Crippen molar-refractivity contribution in [2.75, 3.05) is 31.3 Å². The van der Waals surface area contributed by atoms with E-state index in [-0.39, 0.29) is 29.8 Å². The van der Waals surface area contributed by atoms with E-state index in [0.29, 0.717) is 22.0 Å². The number of aromatic nitrogens is 3. The minimum absolute atomic E-state index is 0.0280. The number of carbonyl (C=O) groups excluding carboxylic acids is 2. The molecule has 2 N–H and O–H groups in total. The van der Waals surface area contributed by atoms with Crippen LogP contribution in [-0.2, 0) is 9.59 Å². The van der Waals surface area contributed by atoms with E-state index in [4.69, 9.17) is 0 Å². The Morgan fingerprint density at radius 2 is 2.00 bits per heavy atom. The molecule has 0 bridgehead atoms. The van der Waals surface area contributed by atoms with Gasteiger partial charge in [0.25, 0.3) is 12.5 Å². The molecule has 4 rings (SSSR count). The first kappa shape index (κ1) is 21.5. The van der Waals surface area contributed by atoms with Gasteiger partial charge in [-0.2, -0.15) is 14.0 Å². The second kappa shape index (κ2) is 8.08. The molecule has 2 aromatic heterocycles. The SMILES string of the molecule is CN(C)C(=O)C1(Nc2cc(-c3cnc(NC(=O)C4CC4)cn3)cnc2C#N)CN1C(F)F. The first-order chi connectivity index (χ1) is 15.2. The van der Waals surface area contributed by atoms with Crippen molar-refractivity contribution in [1.82, 2.24) is 24.8 Å². The number of pyridine rings is 1. The van der Waals surface area contributed by atoms with Gasteiger partial charge in [-0.15, -0.1) is 0 Å². The molecule has 32 heavy (non-hydrogen) atoms. The molecule has 166 valence electrons. The van der Waals surface area contributed by atoms with Crippen LogP contribution in [0.4, 0.5) is 20.3 Å². The molecule has 2 aromatic rings. The highest BCUT2D eigenvalue weighted by Gasteiger charge is 2.63. The molecule has 2 atom stereocenters. The number of alkyl halides is 2. The van der Waals surface area contributed by atoms with Crippen LogP contribution in [0.1, 0.15) is 18.5 Å². The molecule has 12 heteroatoms. The minimum atomic E-state index is -2.85. The van der Waals surface area contributed by atoms with Gasteiger partial charge in [0.1, 0.15) is 6.07 Å². The number of rotatable bonds is 7. The first-order valence-corrected chi connectivity index (χ1v) is 9.83. The third kappa shape index (κ3) is 4.06. The summed E-state index contributed by atoms with van der Waals surface area (Å²) in [5, 5.41) is 14.9. The van der Waals surface area contributed by atoms with Crippen LogP contribution < -0.4 is 10.6 Å². The van der Waals surface area contributed by atoms with Crippen molar-refractivity contribution in [2.24, 2.45) is 5.92 Å². The van der Waals surface area contributed by atoms with E-state index >= 15 is 0 Å². The summed E-state index contributed by atoms with van der Waals surface area (Å²) < 4.78 is 26.7. The summed E-state index contributed by atoms with van der Waals surface area (Å²) in [5.74, 6) is -0.322. The molecule has 0 spiro atoms. The van der Waals surface area contributed by atoms with Crippen molar-refractivity contribution >= 4 is 23.3 Å². The van der Waals surface area contributed by atoms with Crippen LogP contribution in [0.3, 0.4) is 0 Å². The highest BCUT2D eigenvalue weighted by atomic mass is 19.3. The van der Waals surface area contributed by atoms with Crippen LogP contribution in [0.5, 0.6) is 0 Å². The number of nitrogens with zero attached hydrogens (tertiary/aromatic N) is 6. The van der Waals surface area contributed by atoms with Gasteiger partial charge in [-0.25, -0.2) is 14.9 Å². The number of likely N-dealkylation sites (N-methyl/N-ethyl adjacent to an activating group) is 1. The lowest BCUT2D eigenvalue weighted by molar-refractivity contribution is -0.133. The van der Waals surface area contributed by atoms with Crippen molar-refractivity contribution in [3.05, 3.63) is 30.4 Å². The predicted octanol–water partition coefficient (Wildman–Crippen LogP) is 1.49. The molecule has 2 unspecified atom stereocenters. The zero-order valence-corrected chi connectivity index (χ0v) is 17.3. The monoisotopic (exact) mass is 442 g/mol. The Morgan fingerprint density at radius 1 is 1.25 bits per heavy atom. The average molecular weight is 442 g/mol. The van der Waals surface area contributed by atoms with E-state index in [9.17, 15) is 23.6 Å². The van der Waals surface area contributed by atoms with Gasteiger partial charge >= 0.3 is 0 Å². The number of hydrogen-bond acceptors (Lipinski definition) is 8. The lowest BCUT2D eigenvalue weighted by Crippen LogP contribution is -2.46. The Labute approximate surface area is 182 Å². The second-order valence-electron chi connectivity index (χ2n) is 7.87. The number of anilines is 2. The number of hydrogen-bond donors (Lipinski definition) is 2. The molecule has 1 saturated heterocycles. The van der Waals surface area contributed by atoms with Crippen molar-refractivity contribution in [2.45, 2.75) is 25.1 Å². The van der Waals surface area contributed by atoms with Crippen LogP contribution in [-0.4, -0.2) is 69.4 Å². The molecule has 2 amide bonds. The van der Waals surface area contributed by atoms with Crippen molar-refractivity contribution in [3.63, 3.8) is 0 Å². The Morgan fingerprint density at radius 3 is 2.53 bits per heavy atom. The summed E-state index contributed by atoms with van der Waals surface area (Å²) in [6.45, 7) is -3.07. The summed E-state index contributed by atoms with van der Waals surface area (Å²) in [6, 6.07) is 3.40. The molecule has 1 aliphatic heterocycles. The molecule has 2 fully saturated rings. The van der Waals surface area contributed by atoms with Gasteiger partial charge in [-0.1, -0.05) is 0 Å². The lowest BCUT2D eigenvalue weighted by Gasteiger charge is -2.23. The topological polar surface area (TPSA) is 127 Å². The second-order valence-corrected chi connectivity index (χ2v) is 7.87.